The van der Waals surface area contributed by atoms with E-state index in [4.69, 9.17) is 4.74 Å². The number of rotatable bonds is 9. The molecule has 0 atom stereocenters. The average molecular weight is 243 g/mol. The van der Waals surface area contributed by atoms with E-state index in [1.54, 1.807) is 7.11 Å². The Kier molecular flexibility index (Phi) is 7.09. The highest BCUT2D eigenvalue weighted by Crippen LogP contribution is 2.06. The highest BCUT2D eigenvalue weighted by Gasteiger charge is 1.97. The molecule has 92 valence electrons. The van der Waals surface area contributed by atoms with E-state index in [2.05, 4.69) is 16.7 Å². The minimum Gasteiger partial charge on any atom is -0.383 e. The lowest BCUT2D eigenvalue weighted by Gasteiger charge is -2.02. The van der Waals surface area contributed by atoms with Crippen LogP contribution in [0.1, 0.15) is 12.8 Å². The molecule has 0 spiro atoms. The lowest BCUT2D eigenvalue weighted by atomic mass is 10.3. The van der Waals surface area contributed by atoms with Crippen LogP contribution in [0.25, 0.3) is 0 Å². The summed E-state index contributed by atoms with van der Waals surface area (Å²) in [6.07, 6.45) is 8.52. The van der Waals surface area contributed by atoms with Crippen LogP contribution in [0.5, 0.6) is 0 Å². The number of thioether (sulfide) groups is 1. The van der Waals surface area contributed by atoms with Crippen molar-refractivity contribution in [3.05, 3.63) is 12.4 Å². The Morgan fingerprint density at radius 1 is 1.50 bits per heavy atom. The van der Waals surface area contributed by atoms with Gasteiger partial charge >= 0.3 is 0 Å². The van der Waals surface area contributed by atoms with Gasteiger partial charge in [-0.25, -0.2) is 0 Å². The van der Waals surface area contributed by atoms with E-state index < -0.39 is 0 Å². The topological polar surface area (TPSA) is 39.1 Å². The van der Waals surface area contributed by atoms with Gasteiger partial charge in [0.05, 0.1) is 25.0 Å². The smallest absolute Gasteiger partial charge is 0.0726 e. The summed E-state index contributed by atoms with van der Waals surface area (Å²) in [6.45, 7) is 2.54. The van der Waals surface area contributed by atoms with E-state index in [9.17, 15) is 0 Å². The highest BCUT2D eigenvalue weighted by molar-refractivity contribution is 7.98. The molecule has 5 heteroatoms. The first-order valence-electron chi connectivity index (χ1n) is 5.61. The van der Waals surface area contributed by atoms with Crippen LogP contribution in [-0.2, 0) is 11.3 Å². The first-order valence-corrected chi connectivity index (χ1v) is 7.00. The summed E-state index contributed by atoms with van der Waals surface area (Å²) in [7, 11) is 1.70. The Morgan fingerprint density at radius 3 is 3.12 bits per heavy atom. The highest BCUT2D eigenvalue weighted by atomic mass is 32.2. The van der Waals surface area contributed by atoms with Crippen molar-refractivity contribution in [2.75, 3.05) is 37.6 Å². The number of aromatic nitrogens is 2. The van der Waals surface area contributed by atoms with Crippen LogP contribution in [0.4, 0.5) is 5.69 Å². The lowest BCUT2D eigenvalue weighted by molar-refractivity contribution is 0.183. The van der Waals surface area contributed by atoms with Crippen molar-refractivity contribution in [2.24, 2.45) is 0 Å². The summed E-state index contributed by atoms with van der Waals surface area (Å²) in [5, 5.41) is 7.61. The molecule has 1 rings (SSSR count). The molecule has 0 unspecified atom stereocenters. The molecule has 0 saturated heterocycles. The molecule has 0 fully saturated rings. The van der Waals surface area contributed by atoms with E-state index in [0.29, 0.717) is 6.61 Å². The molecular formula is C11H21N3OS. The van der Waals surface area contributed by atoms with Crippen molar-refractivity contribution < 1.29 is 4.74 Å². The molecule has 16 heavy (non-hydrogen) atoms. The maximum Gasteiger partial charge on any atom is 0.0726 e. The molecule has 1 aromatic heterocycles. The van der Waals surface area contributed by atoms with Gasteiger partial charge in [0.25, 0.3) is 0 Å². The third kappa shape index (κ3) is 5.42. The first kappa shape index (κ1) is 13.4. The first-order chi connectivity index (χ1) is 7.86. The third-order valence-electron chi connectivity index (χ3n) is 2.26. The molecule has 0 bridgehead atoms. The standard InChI is InChI=1S/C11H21N3OS/c1-15-7-6-14-10-11(9-13-14)12-5-3-4-8-16-2/h9-10,12H,3-8H2,1-2H3. The zero-order valence-electron chi connectivity index (χ0n) is 10.1. The maximum atomic E-state index is 5.00. The van der Waals surface area contributed by atoms with E-state index in [1.807, 2.05) is 28.8 Å². The van der Waals surface area contributed by atoms with Gasteiger partial charge in [-0.2, -0.15) is 16.9 Å². The number of ether oxygens (including phenoxy) is 1. The number of hydrogen-bond acceptors (Lipinski definition) is 4. The van der Waals surface area contributed by atoms with Gasteiger partial charge in [0.15, 0.2) is 0 Å². The maximum absolute atomic E-state index is 5.00. The summed E-state index contributed by atoms with van der Waals surface area (Å²) in [4.78, 5) is 0. The minimum atomic E-state index is 0.703. The quantitative estimate of drug-likeness (QED) is 0.674. The van der Waals surface area contributed by atoms with E-state index in [-0.39, 0.29) is 0 Å². The van der Waals surface area contributed by atoms with E-state index in [0.717, 1.165) is 18.8 Å². The van der Waals surface area contributed by atoms with Crippen molar-refractivity contribution in [1.29, 1.82) is 0 Å². The fraction of sp³-hybridized carbons (Fsp3) is 0.727. The van der Waals surface area contributed by atoms with Crippen LogP contribution in [0.3, 0.4) is 0 Å². The zero-order valence-corrected chi connectivity index (χ0v) is 10.9. The van der Waals surface area contributed by atoms with Gasteiger partial charge in [0.2, 0.25) is 0 Å². The molecule has 4 nitrogen and oxygen atoms in total. The lowest BCUT2D eigenvalue weighted by Crippen LogP contribution is -2.04. The molecule has 0 aromatic carbocycles. The number of anilines is 1. The molecule has 0 aliphatic rings. The summed E-state index contributed by atoms with van der Waals surface area (Å²) < 4.78 is 6.89. The van der Waals surface area contributed by atoms with Crippen LogP contribution >= 0.6 is 11.8 Å². The van der Waals surface area contributed by atoms with Crippen molar-refractivity contribution >= 4 is 17.4 Å². The fourth-order valence-electron chi connectivity index (χ4n) is 1.37. The second kappa shape index (κ2) is 8.47. The van der Waals surface area contributed by atoms with Crippen molar-refractivity contribution in [3.63, 3.8) is 0 Å². The molecular weight excluding hydrogens is 222 g/mol. The number of unbranched alkanes of at least 4 members (excludes halogenated alkanes) is 1. The number of hydrogen-bond donors (Lipinski definition) is 1. The summed E-state index contributed by atoms with van der Waals surface area (Å²) in [5.74, 6) is 1.24. The Hall–Kier alpha value is -0.680. The Bertz CT molecular complexity index is 278. The molecule has 0 amide bonds. The van der Waals surface area contributed by atoms with Crippen LogP contribution < -0.4 is 5.32 Å². The monoisotopic (exact) mass is 243 g/mol. The predicted octanol–water partition coefficient (Wildman–Crippen LogP) is 2.08. The molecule has 0 aliphatic heterocycles. The van der Waals surface area contributed by atoms with Crippen molar-refractivity contribution in [3.8, 4) is 0 Å². The fourth-order valence-corrected chi connectivity index (χ4v) is 1.86. The van der Waals surface area contributed by atoms with Crippen molar-refractivity contribution in [1.82, 2.24) is 9.78 Å². The third-order valence-corrected chi connectivity index (χ3v) is 2.96. The summed E-state index contributed by atoms with van der Waals surface area (Å²) >= 11 is 1.90. The van der Waals surface area contributed by atoms with Gasteiger partial charge in [-0.3, -0.25) is 4.68 Å². The molecule has 1 N–H and O–H groups in total. The van der Waals surface area contributed by atoms with E-state index >= 15 is 0 Å². The van der Waals surface area contributed by atoms with Crippen LogP contribution in [0.2, 0.25) is 0 Å². The molecule has 1 aromatic rings. The molecule has 0 radical (unpaired) electrons. The van der Waals surface area contributed by atoms with Crippen LogP contribution in [0, 0.1) is 0 Å². The Morgan fingerprint density at radius 2 is 2.38 bits per heavy atom. The molecule has 0 aliphatic carbocycles. The van der Waals surface area contributed by atoms with Crippen LogP contribution in [0.15, 0.2) is 12.4 Å². The predicted molar refractivity (Wildman–Crippen MR) is 70.2 cm³/mol. The SMILES string of the molecule is COCCn1cc(NCCCCSC)cn1. The zero-order chi connectivity index (χ0) is 11.6. The van der Waals surface area contributed by atoms with Crippen molar-refractivity contribution in [2.45, 2.75) is 19.4 Å². The number of methoxy groups -OCH3 is 1. The van der Waals surface area contributed by atoms with Gasteiger partial charge in [-0.15, -0.1) is 0 Å². The average Bonchev–Trinajstić information content (AvgIpc) is 2.74. The van der Waals surface area contributed by atoms with Gasteiger partial charge in [0, 0.05) is 19.9 Å². The largest absolute Gasteiger partial charge is 0.383 e. The van der Waals surface area contributed by atoms with Gasteiger partial charge in [0.1, 0.15) is 0 Å². The summed E-state index contributed by atoms with van der Waals surface area (Å²) in [6, 6.07) is 0. The Labute approximate surface area is 102 Å². The van der Waals surface area contributed by atoms with Gasteiger partial charge in [-0.1, -0.05) is 0 Å². The number of nitrogens with one attached hydrogen (secondary N) is 1. The minimum absolute atomic E-state index is 0.703. The summed E-state index contributed by atoms with van der Waals surface area (Å²) in [5.41, 5.74) is 1.10. The second-order valence-corrected chi connectivity index (χ2v) is 4.60. The van der Waals surface area contributed by atoms with E-state index in [1.165, 1.54) is 18.6 Å². The van der Waals surface area contributed by atoms with Gasteiger partial charge in [-0.05, 0) is 24.9 Å². The molecule has 0 saturated carbocycles. The second-order valence-electron chi connectivity index (χ2n) is 3.61. The normalized spacial score (nSPS) is 10.6. The number of nitrogens with zero attached hydrogens (tertiary/aromatic N) is 2. The van der Waals surface area contributed by atoms with Crippen LogP contribution in [-0.4, -0.2) is 42.1 Å². The molecule has 1 heterocycles. The Balaban J connectivity index is 2.14. The van der Waals surface area contributed by atoms with Gasteiger partial charge < -0.3 is 10.1 Å².